The highest BCUT2D eigenvalue weighted by Crippen LogP contribution is 2.29. The second kappa shape index (κ2) is 7.43. The van der Waals surface area contributed by atoms with Gasteiger partial charge < -0.3 is 20.5 Å². The van der Waals surface area contributed by atoms with E-state index in [2.05, 4.69) is 10.6 Å². The summed E-state index contributed by atoms with van der Waals surface area (Å²) in [6.07, 6.45) is 3.76. The third-order valence-electron chi connectivity index (χ3n) is 3.90. The summed E-state index contributed by atoms with van der Waals surface area (Å²) in [6, 6.07) is 7.33. The third-order valence-corrected chi connectivity index (χ3v) is 3.90. The van der Waals surface area contributed by atoms with Crippen molar-refractivity contribution in [2.24, 2.45) is 0 Å². The fourth-order valence-corrected chi connectivity index (χ4v) is 2.74. The van der Waals surface area contributed by atoms with E-state index in [9.17, 15) is 9.90 Å². The minimum atomic E-state index is -0.451. The SMILES string of the molecule is CCOCc1cccc(NC(=O)NC2(CO)CCCC2)c1. The predicted octanol–water partition coefficient (Wildman–Crippen LogP) is 2.65. The second-order valence-electron chi connectivity index (χ2n) is 5.56. The molecule has 0 saturated heterocycles. The van der Waals surface area contributed by atoms with Crippen molar-refractivity contribution in [1.82, 2.24) is 5.32 Å². The molecular weight excluding hydrogens is 268 g/mol. The molecule has 1 fully saturated rings. The molecule has 21 heavy (non-hydrogen) atoms. The molecule has 0 unspecified atom stereocenters. The lowest BCUT2D eigenvalue weighted by molar-refractivity contribution is 0.134. The van der Waals surface area contributed by atoms with Crippen LogP contribution in [0.25, 0.3) is 0 Å². The summed E-state index contributed by atoms with van der Waals surface area (Å²) >= 11 is 0. The van der Waals surface area contributed by atoms with Gasteiger partial charge in [0.15, 0.2) is 0 Å². The van der Waals surface area contributed by atoms with Crippen LogP contribution in [0.2, 0.25) is 0 Å². The Labute approximate surface area is 125 Å². The molecule has 1 aromatic carbocycles. The van der Waals surface area contributed by atoms with E-state index in [1.807, 2.05) is 31.2 Å². The minimum absolute atomic E-state index is 0.00913. The fraction of sp³-hybridized carbons (Fsp3) is 0.562. The Morgan fingerprint density at radius 1 is 1.38 bits per heavy atom. The van der Waals surface area contributed by atoms with E-state index in [-0.39, 0.29) is 12.6 Å². The number of benzene rings is 1. The lowest BCUT2D eigenvalue weighted by atomic mass is 9.99. The van der Waals surface area contributed by atoms with E-state index in [0.717, 1.165) is 36.9 Å². The first-order valence-electron chi connectivity index (χ1n) is 7.54. The highest BCUT2D eigenvalue weighted by atomic mass is 16.5. The van der Waals surface area contributed by atoms with Crippen molar-refractivity contribution in [2.45, 2.75) is 44.8 Å². The van der Waals surface area contributed by atoms with Crippen molar-refractivity contribution in [3.05, 3.63) is 29.8 Å². The van der Waals surface area contributed by atoms with E-state index in [1.54, 1.807) is 0 Å². The maximum absolute atomic E-state index is 12.1. The van der Waals surface area contributed by atoms with E-state index in [0.29, 0.717) is 13.2 Å². The first-order chi connectivity index (χ1) is 10.2. The molecule has 0 atom stereocenters. The molecule has 0 aromatic heterocycles. The Morgan fingerprint density at radius 2 is 2.14 bits per heavy atom. The lowest BCUT2D eigenvalue weighted by Gasteiger charge is -2.28. The maximum Gasteiger partial charge on any atom is 0.319 e. The molecule has 1 saturated carbocycles. The van der Waals surface area contributed by atoms with Gasteiger partial charge in [-0.1, -0.05) is 25.0 Å². The van der Waals surface area contributed by atoms with Gasteiger partial charge in [-0.25, -0.2) is 4.79 Å². The lowest BCUT2D eigenvalue weighted by Crippen LogP contribution is -2.50. The smallest absolute Gasteiger partial charge is 0.319 e. The zero-order valence-electron chi connectivity index (χ0n) is 12.5. The molecule has 1 aromatic rings. The Morgan fingerprint density at radius 3 is 2.81 bits per heavy atom. The molecular formula is C16H24N2O3. The van der Waals surface area contributed by atoms with Gasteiger partial charge in [0.2, 0.25) is 0 Å². The monoisotopic (exact) mass is 292 g/mol. The molecule has 2 amide bonds. The van der Waals surface area contributed by atoms with Crippen LogP contribution in [0, 0.1) is 0 Å². The summed E-state index contributed by atoms with van der Waals surface area (Å²) in [7, 11) is 0. The summed E-state index contributed by atoms with van der Waals surface area (Å²) in [5, 5.41) is 15.3. The molecule has 0 heterocycles. The molecule has 0 spiro atoms. The molecule has 2 rings (SSSR count). The Balaban J connectivity index is 1.93. The van der Waals surface area contributed by atoms with Crippen LogP contribution in [0.5, 0.6) is 0 Å². The molecule has 0 aliphatic heterocycles. The van der Waals surface area contributed by atoms with Crippen molar-refractivity contribution in [1.29, 1.82) is 0 Å². The molecule has 0 bridgehead atoms. The van der Waals surface area contributed by atoms with Crippen LogP contribution in [0.15, 0.2) is 24.3 Å². The first-order valence-corrected chi connectivity index (χ1v) is 7.54. The summed E-state index contributed by atoms with van der Waals surface area (Å²) in [5.41, 5.74) is 1.30. The van der Waals surface area contributed by atoms with Crippen LogP contribution in [0.1, 0.15) is 38.2 Å². The number of hydrogen-bond acceptors (Lipinski definition) is 3. The van der Waals surface area contributed by atoms with Crippen LogP contribution < -0.4 is 10.6 Å². The number of nitrogens with one attached hydrogen (secondary N) is 2. The molecule has 1 aliphatic rings. The Hall–Kier alpha value is -1.59. The highest BCUT2D eigenvalue weighted by Gasteiger charge is 2.34. The molecule has 1 aliphatic carbocycles. The zero-order valence-corrected chi connectivity index (χ0v) is 12.5. The van der Waals surface area contributed by atoms with Crippen molar-refractivity contribution in [2.75, 3.05) is 18.5 Å². The first kappa shape index (κ1) is 15.8. The van der Waals surface area contributed by atoms with E-state index in [4.69, 9.17) is 4.74 Å². The van der Waals surface area contributed by atoms with Gasteiger partial charge in [0.1, 0.15) is 0 Å². The topological polar surface area (TPSA) is 70.6 Å². The number of urea groups is 1. The largest absolute Gasteiger partial charge is 0.394 e. The number of amides is 2. The zero-order chi connectivity index (χ0) is 15.1. The van der Waals surface area contributed by atoms with Gasteiger partial charge in [-0.05, 0) is 37.5 Å². The van der Waals surface area contributed by atoms with Gasteiger partial charge in [-0.3, -0.25) is 0 Å². The standard InChI is InChI=1S/C16H24N2O3/c1-2-21-11-13-6-5-7-14(10-13)17-15(20)18-16(12-19)8-3-4-9-16/h5-7,10,19H,2-4,8-9,11-12H2,1H3,(H2,17,18,20). The van der Waals surface area contributed by atoms with Crippen LogP contribution in [-0.4, -0.2) is 29.9 Å². The summed E-state index contributed by atoms with van der Waals surface area (Å²) < 4.78 is 5.36. The number of aliphatic hydroxyl groups excluding tert-OH is 1. The van der Waals surface area contributed by atoms with Crippen molar-refractivity contribution >= 4 is 11.7 Å². The Kier molecular flexibility index (Phi) is 5.59. The summed E-state index contributed by atoms with van der Waals surface area (Å²) in [5.74, 6) is 0. The van der Waals surface area contributed by atoms with E-state index < -0.39 is 5.54 Å². The highest BCUT2D eigenvalue weighted by molar-refractivity contribution is 5.89. The number of carbonyl (C=O) groups is 1. The molecule has 5 heteroatoms. The molecule has 116 valence electrons. The number of rotatable bonds is 6. The quantitative estimate of drug-likeness (QED) is 0.755. The normalized spacial score (nSPS) is 16.7. The van der Waals surface area contributed by atoms with Gasteiger partial charge in [0.05, 0.1) is 18.8 Å². The predicted molar refractivity (Wildman–Crippen MR) is 82.2 cm³/mol. The van der Waals surface area contributed by atoms with Crippen molar-refractivity contribution in [3.63, 3.8) is 0 Å². The van der Waals surface area contributed by atoms with Crippen molar-refractivity contribution in [3.8, 4) is 0 Å². The van der Waals surface area contributed by atoms with Gasteiger partial charge in [-0.2, -0.15) is 0 Å². The molecule has 0 radical (unpaired) electrons. The average Bonchev–Trinajstić information content (AvgIpc) is 2.94. The maximum atomic E-state index is 12.1. The fourth-order valence-electron chi connectivity index (χ4n) is 2.74. The van der Waals surface area contributed by atoms with Crippen LogP contribution >= 0.6 is 0 Å². The summed E-state index contributed by atoms with van der Waals surface area (Å²) in [6.45, 7) is 3.14. The van der Waals surface area contributed by atoms with E-state index >= 15 is 0 Å². The van der Waals surface area contributed by atoms with Crippen molar-refractivity contribution < 1.29 is 14.6 Å². The van der Waals surface area contributed by atoms with Crippen LogP contribution in [-0.2, 0) is 11.3 Å². The van der Waals surface area contributed by atoms with Gasteiger partial charge in [0, 0.05) is 12.3 Å². The summed E-state index contributed by atoms with van der Waals surface area (Å²) in [4.78, 5) is 12.1. The number of ether oxygens (including phenoxy) is 1. The van der Waals surface area contributed by atoms with E-state index in [1.165, 1.54) is 0 Å². The van der Waals surface area contributed by atoms with Gasteiger partial charge in [-0.15, -0.1) is 0 Å². The van der Waals surface area contributed by atoms with Crippen LogP contribution in [0.3, 0.4) is 0 Å². The van der Waals surface area contributed by atoms with Crippen LogP contribution in [0.4, 0.5) is 10.5 Å². The average molecular weight is 292 g/mol. The molecule has 3 N–H and O–H groups in total. The van der Waals surface area contributed by atoms with Gasteiger partial charge in [0.25, 0.3) is 0 Å². The number of aliphatic hydroxyl groups is 1. The minimum Gasteiger partial charge on any atom is -0.394 e. The Bertz CT molecular complexity index is 470. The third kappa shape index (κ3) is 4.44. The number of anilines is 1. The number of carbonyl (C=O) groups excluding carboxylic acids is 1. The number of hydrogen-bond donors (Lipinski definition) is 3. The van der Waals surface area contributed by atoms with Gasteiger partial charge >= 0.3 is 6.03 Å². The molecule has 5 nitrogen and oxygen atoms in total. The second-order valence-corrected chi connectivity index (χ2v) is 5.56.